The van der Waals surface area contributed by atoms with Crippen molar-refractivity contribution in [2.24, 2.45) is 0 Å². The van der Waals surface area contributed by atoms with Gasteiger partial charge in [-0.2, -0.15) is 0 Å². The minimum atomic E-state index is 0.274. The van der Waals surface area contributed by atoms with Crippen LogP contribution < -0.4 is 10.1 Å². The van der Waals surface area contributed by atoms with Gasteiger partial charge in [0.25, 0.3) is 0 Å². The van der Waals surface area contributed by atoms with E-state index in [-0.39, 0.29) is 6.04 Å². The number of rotatable bonds is 4. The molecule has 1 heterocycles. The molecule has 0 bridgehead atoms. The Bertz CT molecular complexity index is 259. The van der Waals surface area contributed by atoms with Crippen LogP contribution in [0.3, 0.4) is 0 Å². The highest BCUT2D eigenvalue weighted by Gasteiger charge is 2.12. The third kappa shape index (κ3) is 2.18. The number of nitrogens with zero attached hydrogens (tertiary/aromatic N) is 1. The molecule has 0 aliphatic carbocycles. The van der Waals surface area contributed by atoms with Gasteiger partial charge in [-0.05, 0) is 25.6 Å². The number of hydrogen-bond donors (Lipinski definition) is 1. The summed E-state index contributed by atoms with van der Waals surface area (Å²) >= 11 is 0. The Morgan fingerprint density at radius 2 is 2.38 bits per heavy atom. The predicted molar refractivity (Wildman–Crippen MR) is 52.9 cm³/mol. The minimum absolute atomic E-state index is 0.274. The third-order valence-electron chi connectivity index (χ3n) is 2.11. The zero-order valence-corrected chi connectivity index (χ0v) is 8.37. The summed E-state index contributed by atoms with van der Waals surface area (Å²) in [4.78, 5) is 4.30. The maximum atomic E-state index is 5.23. The van der Waals surface area contributed by atoms with Gasteiger partial charge in [-0.3, -0.25) is 4.98 Å². The van der Waals surface area contributed by atoms with E-state index < -0.39 is 0 Å². The van der Waals surface area contributed by atoms with E-state index >= 15 is 0 Å². The quantitative estimate of drug-likeness (QED) is 0.766. The van der Waals surface area contributed by atoms with Crippen LogP contribution in [0.2, 0.25) is 0 Å². The first-order valence-corrected chi connectivity index (χ1v) is 4.49. The van der Waals surface area contributed by atoms with Crippen LogP contribution in [0.1, 0.15) is 25.1 Å². The number of pyridine rings is 1. The first kappa shape index (κ1) is 9.99. The summed E-state index contributed by atoms with van der Waals surface area (Å²) in [5.74, 6) is 0.851. The van der Waals surface area contributed by atoms with E-state index in [0.717, 1.165) is 17.9 Å². The molecule has 1 aromatic rings. The van der Waals surface area contributed by atoms with Gasteiger partial charge in [-0.25, -0.2) is 0 Å². The molecule has 1 unspecified atom stereocenters. The van der Waals surface area contributed by atoms with Gasteiger partial charge >= 0.3 is 0 Å². The molecule has 72 valence electrons. The Balaban J connectivity index is 2.96. The summed E-state index contributed by atoms with van der Waals surface area (Å²) in [5, 5.41) is 3.20. The third-order valence-corrected chi connectivity index (χ3v) is 2.11. The molecule has 1 N–H and O–H groups in total. The lowest BCUT2D eigenvalue weighted by Gasteiger charge is -2.15. The fourth-order valence-electron chi connectivity index (χ4n) is 1.37. The van der Waals surface area contributed by atoms with E-state index in [4.69, 9.17) is 4.74 Å². The summed E-state index contributed by atoms with van der Waals surface area (Å²) in [6.07, 6.45) is 2.79. The van der Waals surface area contributed by atoms with Crippen molar-refractivity contribution in [3.05, 3.63) is 24.0 Å². The van der Waals surface area contributed by atoms with Crippen LogP contribution >= 0.6 is 0 Å². The van der Waals surface area contributed by atoms with Crippen molar-refractivity contribution in [2.45, 2.75) is 19.4 Å². The second-order valence-electron chi connectivity index (χ2n) is 2.84. The number of aromatic nitrogens is 1. The van der Waals surface area contributed by atoms with Crippen molar-refractivity contribution < 1.29 is 4.74 Å². The van der Waals surface area contributed by atoms with Gasteiger partial charge < -0.3 is 10.1 Å². The van der Waals surface area contributed by atoms with Gasteiger partial charge in [0.15, 0.2) is 0 Å². The molecule has 0 saturated carbocycles. The number of methoxy groups -OCH3 is 1. The van der Waals surface area contributed by atoms with Gasteiger partial charge in [0.1, 0.15) is 5.75 Å². The summed E-state index contributed by atoms with van der Waals surface area (Å²) in [6, 6.07) is 4.09. The Hall–Kier alpha value is -1.09. The van der Waals surface area contributed by atoms with Gasteiger partial charge in [-0.15, -0.1) is 0 Å². The standard InChI is InChI=1S/C10H16N2O/c1-4-8(11-2)10-9(13-3)6-5-7-12-10/h5-8,11H,4H2,1-3H3. The second-order valence-corrected chi connectivity index (χ2v) is 2.84. The second kappa shape index (κ2) is 4.82. The van der Waals surface area contributed by atoms with Crippen LogP contribution in [0.4, 0.5) is 0 Å². The fourth-order valence-corrected chi connectivity index (χ4v) is 1.37. The lowest BCUT2D eigenvalue weighted by molar-refractivity contribution is 0.395. The molecular weight excluding hydrogens is 164 g/mol. The highest BCUT2D eigenvalue weighted by molar-refractivity contribution is 5.29. The Morgan fingerprint density at radius 3 is 2.92 bits per heavy atom. The topological polar surface area (TPSA) is 34.2 Å². The molecule has 1 aromatic heterocycles. The average Bonchev–Trinajstić information content (AvgIpc) is 2.20. The molecular formula is C10H16N2O. The fraction of sp³-hybridized carbons (Fsp3) is 0.500. The van der Waals surface area contributed by atoms with Crippen molar-refractivity contribution in [2.75, 3.05) is 14.2 Å². The van der Waals surface area contributed by atoms with E-state index in [1.165, 1.54) is 0 Å². The van der Waals surface area contributed by atoms with Gasteiger partial charge in [0.05, 0.1) is 18.8 Å². The van der Waals surface area contributed by atoms with Crippen molar-refractivity contribution in [1.82, 2.24) is 10.3 Å². The number of nitrogens with one attached hydrogen (secondary N) is 1. The molecule has 1 rings (SSSR count). The van der Waals surface area contributed by atoms with E-state index in [1.807, 2.05) is 19.2 Å². The largest absolute Gasteiger partial charge is 0.495 e. The van der Waals surface area contributed by atoms with E-state index in [2.05, 4.69) is 17.2 Å². The van der Waals surface area contributed by atoms with Crippen LogP contribution in [0.15, 0.2) is 18.3 Å². The Labute approximate surface area is 79.1 Å². The molecule has 0 aliphatic heterocycles. The first-order chi connectivity index (χ1) is 6.33. The van der Waals surface area contributed by atoms with Crippen LogP contribution in [0, 0.1) is 0 Å². The van der Waals surface area contributed by atoms with Crippen molar-refractivity contribution in [3.63, 3.8) is 0 Å². The maximum Gasteiger partial charge on any atom is 0.141 e. The van der Waals surface area contributed by atoms with E-state index in [0.29, 0.717) is 0 Å². The Kier molecular flexibility index (Phi) is 3.71. The van der Waals surface area contributed by atoms with Crippen LogP contribution in [0.5, 0.6) is 5.75 Å². The van der Waals surface area contributed by atoms with E-state index in [1.54, 1.807) is 13.3 Å². The smallest absolute Gasteiger partial charge is 0.141 e. The summed E-state index contributed by atoms with van der Waals surface area (Å²) in [6.45, 7) is 2.12. The van der Waals surface area contributed by atoms with Crippen molar-refractivity contribution in [1.29, 1.82) is 0 Å². The van der Waals surface area contributed by atoms with Crippen molar-refractivity contribution >= 4 is 0 Å². The van der Waals surface area contributed by atoms with Gasteiger partial charge in [-0.1, -0.05) is 6.92 Å². The molecule has 0 aliphatic rings. The number of ether oxygens (including phenoxy) is 1. The summed E-state index contributed by atoms with van der Waals surface area (Å²) < 4.78 is 5.23. The minimum Gasteiger partial charge on any atom is -0.495 e. The van der Waals surface area contributed by atoms with Crippen LogP contribution in [-0.2, 0) is 0 Å². The SMILES string of the molecule is CCC(NC)c1ncccc1OC. The van der Waals surface area contributed by atoms with Crippen LogP contribution in [-0.4, -0.2) is 19.1 Å². The molecule has 0 radical (unpaired) electrons. The normalized spacial score (nSPS) is 12.5. The van der Waals surface area contributed by atoms with Crippen LogP contribution in [0.25, 0.3) is 0 Å². The molecule has 3 heteroatoms. The number of hydrogen-bond acceptors (Lipinski definition) is 3. The molecule has 3 nitrogen and oxygen atoms in total. The Morgan fingerprint density at radius 1 is 1.62 bits per heavy atom. The maximum absolute atomic E-state index is 5.23. The molecule has 0 fully saturated rings. The van der Waals surface area contributed by atoms with Gasteiger partial charge in [0.2, 0.25) is 0 Å². The molecule has 1 atom stereocenters. The lowest BCUT2D eigenvalue weighted by Crippen LogP contribution is -2.17. The first-order valence-electron chi connectivity index (χ1n) is 4.49. The molecule has 0 amide bonds. The monoisotopic (exact) mass is 180 g/mol. The molecule has 0 aromatic carbocycles. The summed E-state index contributed by atoms with van der Waals surface area (Å²) in [7, 11) is 3.60. The van der Waals surface area contributed by atoms with Crippen molar-refractivity contribution in [3.8, 4) is 5.75 Å². The zero-order valence-electron chi connectivity index (χ0n) is 8.37. The van der Waals surface area contributed by atoms with E-state index in [9.17, 15) is 0 Å². The van der Waals surface area contributed by atoms with Gasteiger partial charge in [0, 0.05) is 6.20 Å². The molecule has 13 heavy (non-hydrogen) atoms. The molecule has 0 spiro atoms. The zero-order chi connectivity index (χ0) is 9.68. The highest BCUT2D eigenvalue weighted by atomic mass is 16.5. The molecule has 0 saturated heterocycles. The highest BCUT2D eigenvalue weighted by Crippen LogP contribution is 2.23. The average molecular weight is 180 g/mol. The summed E-state index contributed by atoms with van der Waals surface area (Å²) in [5.41, 5.74) is 0.981. The predicted octanol–water partition coefficient (Wildman–Crippen LogP) is 1.76. The lowest BCUT2D eigenvalue weighted by atomic mass is 10.1.